The molecule has 1 N–H and O–H groups in total. The molecule has 1 aliphatic heterocycles. The Morgan fingerprint density at radius 2 is 1.65 bits per heavy atom. The molecule has 3 aromatic carbocycles. The summed E-state index contributed by atoms with van der Waals surface area (Å²) in [6.45, 7) is 3.99. The average Bonchev–Trinajstić information content (AvgIpc) is 2.92. The lowest BCUT2D eigenvalue weighted by atomic mass is 10.1. The molecule has 37 heavy (non-hydrogen) atoms. The van der Waals surface area contributed by atoms with Gasteiger partial charge in [-0.05, 0) is 42.3 Å². The highest BCUT2D eigenvalue weighted by atomic mass is 32.2. The molecule has 8 nitrogen and oxygen atoms in total. The lowest BCUT2D eigenvalue weighted by Crippen LogP contribution is -2.40. The first-order chi connectivity index (χ1) is 17.9. The highest BCUT2D eigenvalue weighted by Crippen LogP contribution is 2.33. The molecule has 0 saturated carbocycles. The number of amides is 1. The number of sulfonamides is 1. The summed E-state index contributed by atoms with van der Waals surface area (Å²) >= 11 is 0. The van der Waals surface area contributed by atoms with Gasteiger partial charge >= 0.3 is 0 Å². The normalized spacial score (nSPS) is 14.2. The molecule has 9 heteroatoms. The summed E-state index contributed by atoms with van der Waals surface area (Å²) in [5.41, 5.74) is 5.87. The third kappa shape index (κ3) is 6.75. The van der Waals surface area contributed by atoms with Crippen LogP contribution in [0.5, 0.6) is 5.75 Å². The summed E-state index contributed by atoms with van der Waals surface area (Å²) in [6.07, 6.45) is 1.48. The van der Waals surface area contributed by atoms with Crippen molar-refractivity contribution in [2.75, 3.05) is 31.0 Å². The molecule has 1 fully saturated rings. The number of benzene rings is 3. The number of piperidine rings is 1. The number of hydrogen-bond acceptors (Lipinski definition) is 6. The number of carbonyl (C=O) groups excluding carboxylic acids is 1. The molecular weight excluding hydrogens is 488 g/mol. The van der Waals surface area contributed by atoms with E-state index in [2.05, 4.69) is 27.6 Å². The third-order valence-electron chi connectivity index (χ3n) is 6.24. The number of hydrazone groups is 1. The van der Waals surface area contributed by atoms with Crippen LogP contribution in [0.1, 0.15) is 24.0 Å². The van der Waals surface area contributed by atoms with Crippen molar-refractivity contribution < 1.29 is 17.9 Å². The SMILES string of the molecule is COc1ccc(C)cc1N(CC(=O)NN=C1CCN(Cc2ccccc2)CC1)S(=O)(=O)c1ccccc1. The largest absolute Gasteiger partial charge is 0.495 e. The molecule has 0 atom stereocenters. The number of anilines is 1. The number of carbonyl (C=O) groups is 1. The Bertz CT molecular complexity index is 1340. The molecule has 0 aromatic heterocycles. The van der Waals surface area contributed by atoms with Crippen LogP contribution in [0.25, 0.3) is 0 Å². The number of likely N-dealkylation sites (tertiary alicyclic amines) is 1. The molecule has 0 unspecified atom stereocenters. The van der Waals surface area contributed by atoms with Gasteiger partial charge < -0.3 is 4.74 Å². The molecule has 0 bridgehead atoms. The molecule has 0 spiro atoms. The minimum absolute atomic E-state index is 0.0865. The van der Waals surface area contributed by atoms with Crippen LogP contribution in [-0.4, -0.2) is 51.7 Å². The second-order valence-electron chi connectivity index (χ2n) is 8.97. The number of nitrogens with one attached hydrogen (secondary N) is 1. The minimum atomic E-state index is -4.04. The zero-order valence-electron chi connectivity index (χ0n) is 21.1. The molecular formula is C28H32N4O4S. The standard InChI is InChI=1S/C28H32N4O4S/c1-22-13-14-27(36-2)26(19-22)32(37(34,35)25-11-7-4-8-12-25)21-28(33)30-29-24-15-17-31(18-16-24)20-23-9-5-3-6-10-23/h3-14,19H,15-18,20-21H2,1-2H3,(H,30,33). The Hall–Kier alpha value is -3.69. The fraction of sp³-hybridized carbons (Fsp3) is 0.286. The van der Waals surface area contributed by atoms with E-state index in [1.165, 1.54) is 24.8 Å². The molecule has 1 aliphatic rings. The van der Waals surface area contributed by atoms with Crippen LogP contribution in [0.2, 0.25) is 0 Å². The van der Waals surface area contributed by atoms with Crippen LogP contribution >= 0.6 is 0 Å². The Labute approximate surface area is 218 Å². The van der Waals surface area contributed by atoms with E-state index in [0.29, 0.717) is 11.4 Å². The average molecular weight is 521 g/mol. The van der Waals surface area contributed by atoms with E-state index in [4.69, 9.17) is 4.74 Å². The van der Waals surface area contributed by atoms with Gasteiger partial charge in [-0.3, -0.25) is 14.0 Å². The van der Waals surface area contributed by atoms with E-state index in [1.54, 1.807) is 30.3 Å². The van der Waals surface area contributed by atoms with Gasteiger partial charge in [-0.15, -0.1) is 0 Å². The van der Waals surface area contributed by atoms with E-state index in [1.807, 2.05) is 31.2 Å². The lowest BCUT2D eigenvalue weighted by Gasteiger charge is -2.28. The van der Waals surface area contributed by atoms with Gasteiger partial charge in [-0.2, -0.15) is 5.10 Å². The van der Waals surface area contributed by atoms with Crippen molar-refractivity contribution in [2.45, 2.75) is 31.2 Å². The summed E-state index contributed by atoms with van der Waals surface area (Å²) in [7, 11) is -2.57. The number of ether oxygens (including phenoxy) is 1. The van der Waals surface area contributed by atoms with Gasteiger partial charge in [0.1, 0.15) is 12.3 Å². The minimum Gasteiger partial charge on any atom is -0.495 e. The maximum Gasteiger partial charge on any atom is 0.264 e. The van der Waals surface area contributed by atoms with E-state index in [9.17, 15) is 13.2 Å². The smallest absolute Gasteiger partial charge is 0.264 e. The molecule has 0 aliphatic carbocycles. The predicted octanol–water partition coefficient (Wildman–Crippen LogP) is 3.97. The van der Waals surface area contributed by atoms with E-state index < -0.39 is 22.5 Å². The van der Waals surface area contributed by atoms with Crippen molar-refractivity contribution in [3.8, 4) is 5.75 Å². The molecule has 3 aromatic rings. The molecule has 0 radical (unpaired) electrons. The quantitative estimate of drug-likeness (QED) is 0.431. The lowest BCUT2D eigenvalue weighted by molar-refractivity contribution is -0.119. The Balaban J connectivity index is 1.46. The first-order valence-electron chi connectivity index (χ1n) is 12.2. The number of methoxy groups -OCH3 is 1. The van der Waals surface area contributed by atoms with Crippen molar-refractivity contribution in [1.82, 2.24) is 10.3 Å². The molecule has 4 rings (SSSR count). The van der Waals surface area contributed by atoms with Gasteiger partial charge in [0.15, 0.2) is 0 Å². The first-order valence-corrected chi connectivity index (χ1v) is 13.6. The van der Waals surface area contributed by atoms with Crippen LogP contribution in [-0.2, 0) is 21.4 Å². The monoisotopic (exact) mass is 520 g/mol. The molecule has 194 valence electrons. The van der Waals surface area contributed by atoms with Crippen LogP contribution in [0.4, 0.5) is 5.69 Å². The molecule has 1 saturated heterocycles. The summed E-state index contributed by atoms with van der Waals surface area (Å²) < 4.78 is 33.7. The highest BCUT2D eigenvalue weighted by Gasteiger charge is 2.29. The zero-order chi connectivity index (χ0) is 26.3. The van der Waals surface area contributed by atoms with Gasteiger partial charge in [0.2, 0.25) is 0 Å². The van der Waals surface area contributed by atoms with Gasteiger partial charge in [-0.25, -0.2) is 13.8 Å². The fourth-order valence-electron chi connectivity index (χ4n) is 4.24. The number of nitrogens with zero attached hydrogens (tertiary/aromatic N) is 3. The van der Waals surface area contributed by atoms with Crippen LogP contribution in [0.15, 0.2) is 88.9 Å². The Morgan fingerprint density at radius 3 is 2.30 bits per heavy atom. The van der Waals surface area contributed by atoms with Crippen LogP contribution in [0, 0.1) is 6.92 Å². The summed E-state index contributed by atoms with van der Waals surface area (Å²) in [4.78, 5) is 15.4. The second kappa shape index (κ2) is 12.0. The van der Waals surface area contributed by atoms with Gasteiger partial charge in [0.05, 0.1) is 17.7 Å². The number of aryl methyl sites for hydroxylation is 1. The highest BCUT2D eigenvalue weighted by molar-refractivity contribution is 7.92. The van der Waals surface area contributed by atoms with Gasteiger partial charge in [0.25, 0.3) is 15.9 Å². The maximum absolute atomic E-state index is 13.6. The van der Waals surface area contributed by atoms with Gasteiger partial charge in [-0.1, -0.05) is 54.6 Å². The van der Waals surface area contributed by atoms with Crippen molar-refractivity contribution in [2.24, 2.45) is 5.10 Å². The van der Waals surface area contributed by atoms with Gasteiger partial charge in [0, 0.05) is 38.2 Å². The Kier molecular flexibility index (Phi) is 8.58. The van der Waals surface area contributed by atoms with Crippen LogP contribution in [0.3, 0.4) is 0 Å². The fourth-order valence-corrected chi connectivity index (χ4v) is 5.69. The number of rotatable bonds is 9. The summed E-state index contributed by atoms with van der Waals surface area (Å²) in [5, 5.41) is 4.32. The Morgan fingerprint density at radius 1 is 1.00 bits per heavy atom. The van der Waals surface area contributed by atoms with Crippen molar-refractivity contribution >= 4 is 27.3 Å². The van der Waals surface area contributed by atoms with Crippen molar-refractivity contribution in [1.29, 1.82) is 0 Å². The molecule has 1 heterocycles. The third-order valence-corrected chi connectivity index (χ3v) is 8.02. The second-order valence-corrected chi connectivity index (χ2v) is 10.8. The number of hydrogen-bond donors (Lipinski definition) is 1. The van der Waals surface area contributed by atoms with E-state index >= 15 is 0 Å². The maximum atomic E-state index is 13.6. The topological polar surface area (TPSA) is 91.3 Å². The first kappa shape index (κ1) is 26.4. The zero-order valence-corrected chi connectivity index (χ0v) is 21.9. The van der Waals surface area contributed by atoms with Crippen molar-refractivity contribution in [3.05, 3.63) is 90.0 Å². The van der Waals surface area contributed by atoms with E-state index in [0.717, 1.165) is 48.1 Å². The van der Waals surface area contributed by atoms with Crippen LogP contribution < -0.4 is 14.5 Å². The van der Waals surface area contributed by atoms with E-state index in [-0.39, 0.29) is 4.90 Å². The molecule has 1 amide bonds. The summed E-state index contributed by atoms with van der Waals surface area (Å²) in [6, 6.07) is 23.6. The predicted molar refractivity (Wildman–Crippen MR) is 145 cm³/mol. The summed E-state index contributed by atoms with van der Waals surface area (Å²) in [5.74, 6) is -0.169. The van der Waals surface area contributed by atoms with Crippen molar-refractivity contribution in [3.63, 3.8) is 0 Å².